The molecule has 0 radical (unpaired) electrons. The fourth-order valence-corrected chi connectivity index (χ4v) is 2.29. The quantitative estimate of drug-likeness (QED) is 0.851. The van der Waals surface area contributed by atoms with Gasteiger partial charge < -0.3 is 10.6 Å². The molecule has 2 rings (SSSR count). The largest absolute Gasteiger partial charge is 0.384 e. The Morgan fingerprint density at radius 2 is 2.11 bits per heavy atom. The number of nitrogens with two attached hydrogens (primary N) is 1. The first-order chi connectivity index (χ1) is 8.08. The van der Waals surface area contributed by atoms with E-state index >= 15 is 0 Å². The third-order valence-electron chi connectivity index (χ3n) is 3.37. The standard InChI is InChI=1S/C13H19N3O.ClH/c1-9-6-7-10(2)16(8-9)13(17)11-4-3-5-12(14)15-11;/h3-5,9-10H,6-8H2,1-2H3,(H2,14,15);1H. The number of pyridine rings is 1. The highest BCUT2D eigenvalue weighted by Gasteiger charge is 2.28. The molecule has 2 unspecified atom stereocenters. The van der Waals surface area contributed by atoms with Gasteiger partial charge in [0.05, 0.1) is 0 Å². The number of piperidine rings is 1. The van der Waals surface area contributed by atoms with Crippen LogP contribution in [-0.2, 0) is 0 Å². The van der Waals surface area contributed by atoms with Crippen LogP contribution in [0.25, 0.3) is 0 Å². The van der Waals surface area contributed by atoms with E-state index in [9.17, 15) is 4.79 Å². The number of carbonyl (C=O) groups excluding carboxylic acids is 1. The van der Waals surface area contributed by atoms with Crippen LogP contribution in [-0.4, -0.2) is 28.4 Å². The highest BCUT2D eigenvalue weighted by molar-refractivity contribution is 5.92. The summed E-state index contributed by atoms with van der Waals surface area (Å²) in [6.45, 7) is 5.09. The second-order valence-electron chi connectivity index (χ2n) is 4.94. The van der Waals surface area contributed by atoms with Gasteiger partial charge in [-0.1, -0.05) is 13.0 Å². The first-order valence-corrected chi connectivity index (χ1v) is 6.11. The summed E-state index contributed by atoms with van der Waals surface area (Å²) < 4.78 is 0. The molecule has 1 amide bonds. The molecule has 18 heavy (non-hydrogen) atoms. The van der Waals surface area contributed by atoms with Gasteiger partial charge in [-0.3, -0.25) is 4.79 Å². The summed E-state index contributed by atoms with van der Waals surface area (Å²) >= 11 is 0. The van der Waals surface area contributed by atoms with Gasteiger partial charge in [-0.2, -0.15) is 0 Å². The van der Waals surface area contributed by atoms with E-state index in [4.69, 9.17) is 5.73 Å². The zero-order chi connectivity index (χ0) is 12.4. The third-order valence-corrected chi connectivity index (χ3v) is 3.37. The lowest BCUT2D eigenvalue weighted by molar-refractivity contribution is 0.0568. The van der Waals surface area contributed by atoms with E-state index in [0.717, 1.165) is 13.0 Å². The number of likely N-dealkylation sites (tertiary alicyclic amines) is 1. The number of halogens is 1. The molecule has 2 N–H and O–H groups in total. The minimum absolute atomic E-state index is 0. The van der Waals surface area contributed by atoms with E-state index in [2.05, 4.69) is 18.8 Å². The number of amides is 1. The van der Waals surface area contributed by atoms with E-state index in [1.54, 1.807) is 18.2 Å². The van der Waals surface area contributed by atoms with Gasteiger partial charge in [0.1, 0.15) is 11.5 Å². The number of nitrogens with zero attached hydrogens (tertiary/aromatic N) is 2. The SMILES string of the molecule is CC1CCC(C)N(C(=O)c2cccc(N)n2)C1.Cl. The van der Waals surface area contributed by atoms with Crippen molar-refractivity contribution in [1.82, 2.24) is 9.88 Å². The van der Waals surface area contributed by atoms with Crippen LogP contribution in [0.1, 0.15) is 37.2 Å². The molecule has 2 atom stereocenters. The zero-order valence-corrected chi connectivity index (χ0v) is 11.6. The molecule has 1 saturated heterocycles. The Morgan fingerprint density at radius 1 is 1.39 bits per heavy atom. The van der Waals surface area contributed by atoms with Crippen LogP contribution in [0.4, 0.5) is 5.82 Å². The lowest BCUT2D eigenvalue weighted by atomic mass is 9.95. The first kappa shape index (κ1) is 14.8. The van der Waals surface area contributed by atoms with Crippen molar-refractivity contribution in [3.63, 3.8) is 0 Å². The summed E-state index contributed by atoms with van der Waals surface area (Å²) in [4.78, 5) is 18.3. The van der Waals surface area contributed by atoms with Crippen molar-refractivity contribution in [2.45, 2.75) is 32.7 Å². The number of carbonyl (C=O) groups is 1. The maximum Gasteiger partial charge on any atom is 0.272 e. The van der Waals surface area contributed by atoms with Crippen molar-refractivity contribution >= 4 is 24.1 Å². The molecular weight excluding hydrogens is 250 g/mol. The van der Waals surface area contributed by atoms with Crippen LogP contribution in [0, 0.1) is 5.92 Å². The topological polar surface area (TPSA) is 59.2 Å². The highest BCUT2D eigenvalue weighted by Crippen LogP contribution is 2.22. The summed E-state index contributed by atoms with van der Waals surface area (Å²) in [6, 6.07) is 5.49. The Balaban J connectivity index is 0.00000162. The molecule has 1 fully saturated rings. The van der Waals surface area contributed by atoms with Crippen molar-refractivity contribution in [1.29, 1.82) is 0 Å². The lowest BCUT2D eigenvalue weighted by Gasteiger charge is -2.36. The Labute approximate surface area is 114 Å². The van der Waals surface area contributed by atoms with Crippen LogP contribution >= 0.6 is 12.4 Å². The molecule has 5 heteroatoms. The first-order valence-electron chi connectivity index (χ1n) is 6.11. The Morgan fingerprint density at radius 3 is 2.78 bits per heavy atom. The van der Waals surface area contributed by atoms with E-state index in [1.165, 1.54) is 6.42 Å². The molecule has 0 aliphatic carbocycles. The van der Waals surface area contributed by atoms with E-state index < -0.39 is 0 Å². The van der Waals surface area contributed by atoms with Crippen LogP contribution in [0.15, 0.2) is 18.2 Å². The fourth-order valence-electron chi connectivity index (χ4n) is 2.29. The third kappa shape index (κ3) is 3.13. The molecule has 0 bridgehead atoms. The van der Waals surface area contributed by atoms with Gasteiger partial charge in [0.25, 0.3) is 5.91 Å². The van der Waals surface area contributed by atoms with Crippen molar-refractivity contribution in [3.8, 4) is 0 Å². The van der Waals surface area contributed by atoms with Crippen LogP contribution in [0.5, 0.6) is 0 Å². The molecule has 0 saturated carbocycles. The van der Waals surface area contributed by atoms with E-state index in [-0.39, 0.29) is 18.3 Å². The van der Waals surface area contributed by atoms with Gasteiger partial charge in [-0.25, -0.2) is 4.98 Å². The normalized spacial score (nSPS) is 23.3. The number of hydrogen-bond acceptors (Lipinski definition) is 3. The molecule has 1 aromatic heterocycles. The predicted octanol–water partition coefficient (Wildman–Crippen LogP) is 2.35. The fraction of sp³-hybridized carbons (Fsp3) is 0.538. The zero-order valence-electron chi connectivity index (χ0n) is 10.8. The van der Waals surface area contributed by atoms with Gasteiger partial charge in [0, 0.05) is 12.6 Å². The number of nitrogen functional groups attached to an aromatic ring is 1. The predicted molar refractivity (Wildman–Crippen MR) is 74.8 cm³/mol. The number of rotatable bonds is 1. The molecule has 100 valence electrons. The highest BCUT2D eigenvalue weighted by atomic mass is 35.5. The molecule has 2 heterocycles. The molecule has 4 nitrogen and oxygen atoms in total. The van der Waals surface area contributed by atoms with Crippen molar-refractivity contribution in [2.75, 3.05) is 12.3 Å². The van der Waals surface area contributed by atoms with Gasteiger partial charge in [0.2, 0.25) is 0 Å². The minimum Gasteiger partial charge on any atom is -0.384 e. The van der Waals surface area contributed by atoms with Gasteiger partial charge in [-0.15, -0.1) is 12.4 Å². The van der Waals surface area contributed by atoms with E-state index in [1.807, 2.05) is 4.90 Å². The molecule has 0 aromatic carbocycles. The number of anilines is 1. The second kappa shape index (κ2) is 6.05. The van der Waals surface area contributed by atoms with Crippen LogP contribution in [0.3, 0.4) is 0 Å². The lowest BCUT2D eigenvalue weighted by Crippen LogP contribution is -2.45. The summed E-state index contributed by atoms with van der Waals surface area (Å²) in [6.07, 6.45) is 2.25. The average molecular weight is 270 g/mol. The molecule has 1 aliphatic heterocycles. The number of aromatic nitrogens is 1. The van der Waals surface area contributed by atoms with Gasteiger partial charge >= 0.3 is 0 Å². The van der Waals surface area contributed by atoms with Crippen LogP contribution < -0.4 is 5.73 Å². The average Bonchev–Trinajstić information content (AvgIpc) is 2.31. The van der Waals surface area contributed by atoms with Crippen molar-refractivity contribution in [3.05, 3.63) is 23.9 Å². The Hall–Kier alpha value is -1.29. The maximum absolute atomic E-state index is 12.3. The summed E-state index contributed by atoms with van der Waals surface area (Å²) in [5.41, 5.74) is 6.06. The smallest absolute Gasteiger partial charge is 0.272 e. The van der Waals surface area contributed by atoms with Gasteiger partial charge in [0.15, 0.2) is 0 Å². The summed E-state index contributed by atoms with van der Waals surface area (Å²) in [5.74, 6) is 0.959. The van der Waals surface area contributed by atoms with E-state index in [0.29, 0.717) is 23.5 Å². The Bertz CT molecular complexity index is 424. The van der Waals surface area contributed by atoms with Crippen LogP contribution in [0.2, 0.25) is 0 Å². The molecule has 1 aliphatic rings. The molecular formula is C13H20ClN3O. The summed E-state index contributed by atoms with van der Waals surface area (Å²) in [7, 11) is 0. The van der Waals surface area contributed by atoms with Crippen molar-refractivity contribution in [2.24, 2.45) is 5.92 Å². The minimum atomic E-state index is -0.00338. The number of hydrogen-bond donors (Lipinski definition) is 1. The summed E-state index contributed by atoms with van der Waals surface area (Å²) in [5, 5.41) is 0. The van der Waals surface area contributed by atoms with Crippen molar-refractivity contribution < 1.29 is 4.79 Å². The van der Waals surface area contributed by atoms with Gasteiger partial charge in [-0.05, 0) is 37.8 Å². The Kier molecular flexibility index (Phi) is 4.96. The second-order valence-corrected chi connectivity index (χ2v) is 4.94. The monoisotopic (exact) mass is 269 g/mol. The maximum atomic E-state index is 12.3. The molecule has 0 spiro atoms. The molecule has 1 aromatic rings.